The van der Waals surface area contributed by atoms with Crippen molar-refractivity contribution in [1.82, 2.24) is 0 Å². The van der Waals surface area contributed by atoms with Crippen LogP contribution in [0.4, 0.5) is 0 Å². The minimum absolute atomic E-state index is 0.0547. The van der Waals surface area contributed by atoms with Crippen molar-refractivity contribution < 1.29 is 13.9 Å². The van der Waals surface area contributed by atoms with Gasteiger partial charge in [-0.2, -0.15) is 0 Å². The van der Waals surface area contributed by atoms with Gasteiger partial charge in [0.15, 0.2) is 0 Å². The first-order valence-electron chi connectivity index (χ1n) is 8.97. The lowest BCUT2D eigenvalue weighted by molar-refractivity contribution is 0.414. The van der Waals surface area contributed by atoms with Crippen LogP contribution in [0.25, 0.3) is 33.4 Å². The molecule has 28 heavy (non-hydrogen) atoms. The molecule has 0 saturated carbocycles. The quantitative estimate of drug-likeness (QED) is 0.478. The molecule has 0 aliphatic carbocycles. The largest absolute Gasteiger partial charge is 0.497 e. The highest BCUT2D eigenvalue weighted by Crippen LogP contribution is 2.34. The first kappa shape index (κ1) is 17.9. The van der Waals surface area contributed by atoms with E-state index in [0.717, 1.165) is 28.2 Å². The molecular formula is C24H20O4. The van der Waals surface area contributed by atoms with Crippen LogP contribution in [0.2, 0.25) is 0 Å². The third-order valence-electron chi connectivity index (χ3n) is 4.78. The third-order valence-corrected chi connectivity index (χ3v) is 4.78. The summed E-state index contributed by atoms with van der Waals surface area (Å²) < 4.78 is 16.7. The first-order valence-corrected chi connectivity index (χ1v) is 8.97. The summed E-state index contributed by atoms with van der Waals surface area (Å²) in [7, 11) is 3.24. The molecule has 4 nitrogen and oxygen atoms in total. The SMILES string of the molecule is COc1ccc(-c2oc3ccc(C)cc3c(=O)c2-c2ccc(OC)cc2)cc1. The Labute approximate surface area is 163 Å². The molecule has 1 aromatic heterocycles. The number of hydrogen-bond acceptors (Lipinski definition) is 4. The molecule has 4 aromatic rings. The van der Waals surface area contributed by atoms with E-state index in [1.807, 2.05) is 73.7 Å². The lowest BCUT2D eigenvalue weighted by atomic mass is 9.98. The molecule has 0 radical (unpaired) electrons. The predicted octanol–water partition coefficient (Wildman–Crippen LogP) is 5.45. The van der Waals surface area contributed by atoms with Gasteiger partial charge >= 0.3 is 0 Å². The summed E-state index contributed by atoms with van der Waals surface area (Å²) in [6.45, 7) is 1.96. The van der Waals surface area contributed by atoms with E-state index in [-0.39, 0.29) is 5.43 Å². The monoisotopic (exact) mass is 372 g/mol. The molecule has 3 aromatic carbocycles. The van der Waals surface area contributed by atoms with Crippen LogP contribution in [0.5, 0.6) is 11.5 Å². The van der Waals surface area contributed by atoms with Crippen LogP contribution in [0.1, 0.15) is 5.56 Å². The van der Waals surface area contributed by atoms with Crippen LogP contribution >= 0.6 is 0 Å². The zero-order valence-electron chi connectivity index (χ0n) is 16.0. The van der Waals surface area contributed by atoms with E-state index < -0.39 is 0 Å². The Morgan fingerprint density at radius 1 is 0.750 bits per heavy atom. The maximum atomic E-state index is 13.4. The lowest BCUT2D eigenvalue weighted by Gasteiger charge is -2.12. The summed E-state index contributed by atoms with van der Waals surface area (Å²) in [4.78, 5) is 13.4. The number of benzene rings is 3. The van der Waals surface area contributed by atoms with E-state index in [0.29, 0.717) is 22.3 Å². The number of rotatable bonds is 4. The zero-order valence-corrected chi connectivity index (χ0v) is 16.0. The summed E-state index contributed by atoms with van der Waals surface area (Å²) in [5, 5.41) is 0.572. The summed E-state index contributed by atoms with van der Waals surface area (Å²) in [5.41, 5.74) is 3.65. The van der Waals surface area contributed by atoms with Gasteiger partial charge in [-0.3, -0.25) is 4.79 Å². The van der Waals surface area contributed by atoms with Gasteiger partial charge in [0.1, 0.15) is 22.8 Å². The second kappa shape index (κ2) is 7.24. The summed E-state index contributed by atoms with van der Waals surface area (Å²) in [5.74, 6) is 2.01. The highest BCUT2D eigenvalue weighted by molar-refractivity contribution is 5.89. The number of hydrogen-bond donors (Lipinski definition) is 0. The molecule has 0 saturated heterocycles. The molecule has 0 amide bonds. The fourth-order valence-corrected chi connectivity index (χ4v) is 3.27. The number of ether oxygens (including phenoxy) is 2. The van der Waals surface area contributed by atoms with Crippen LogP contribution in [-0.4, -0.2) is 14.2 Å². The van der Waals surface area contributed by atoms with Crippen LogP contribution in [0.15, 0.2) is 75.9 Å². The van der Waals surface area contributed by atoms with Crippen molar-refractivity contribution in [3.63, 3.8) is 0 Å². The fourth-order valence-electron chi connectivity index (χ4n) is 3.27. The second-order valence-corrected chi connectivity index (χ2v) is 6.59. The second-order valence-electron chi connectivity index (χ2n) is 6.59. The summed E-state index contributed by atoms with van der Waals surface area (Å²) in [6.07, 6.45) is 0. The number of aryl methyl sites for hydroxylation is 1. The molecule has 0 atom stereocenters. The molecule has 1 heterocycles. The van der Waals surface area contributed by atoms with Gasteiger partial charge in [-0.15, -0.1) is 0 Å². The molecule has 0 bridgehead atoms. The first-order chi connectivity index (χ1) is 13.6. The van der Waals surface area contributed by atoms with Crippen molar-refractivity contribution in [3.8, 4) is 33.9 Å². The Balaban J connectivity index is 2.02. The highest BCUT2D eigenvalue weighted by Gasteiger charge is 2.18. The molecule has 0 spiro atoms. The molecule has 140 valence electrons. The molecule has 4 heteroatoms. The fraction of sp³-hybridized carbons (Fsp3) is 0.125. The van der Waals surface area contributed by atoms with E-state index in [1.165, 1.54) is 0 Å². The Morgan fingerprint density at radius 2 is 1.32 bits per heavy atom. The van der Waals surface area contributed by atoms with Gasteiger partial charge in [-0.1, -0.05) is 23.8 Å². The van der Waals surface area contributed by atoms with Crippen molar-refractivity contribution >= 4 is 11.0 Å². The Bertz CT molecular complexity index is 1190. The zero-order chi connectivity index (χ0) is 19.7. The van der Waals surface area contributed by atoms with Gasteiger partial charge in [0.05, 0.1) is 25.2 Å². The van der Waals surface area contributed by atoms with Gasteiger partial charge in [0, 0.05) is 5.56 Å². The Hall–Kier alpha value is -3.53. The molecule has 0 aliphatic heterocycles. The van der Waals surface area contributed by atoms with Crippen LogP contribution in [0, 0.1) is 6.92 Å². The minimum Gasteiger partial charge on any atom is -0.497 e. The minimum atomic E-state index is -0.0547. The van der Waals surface area contributed by atoms with E-state index in [1.54, 1.807) is 14.2 Å². The number of fused-ring (bicyclic) bond motifs is 1. The van der Waals surface area contributed by atoms with Gasteiger partial charge in [0.2, 0.25) is 5.43 Å². The standard InChI is InChI=1S/C24H20O4/c1-15-4-13-21-20(14-15)23(25)22(16-5-9-18(26-2)10-6-16)24(28-21)17-7-11-19(27-3)12-8-17/h4-14H,1-3H3. The molecular weight excluding hydrogens is 352 g/mol. The Morgan fingerprint density at radius 3 is 1.89 bits per heavy atom. The number of methoxy groups -OCH3 is 2. The van der Waals surface area contributed by atoms with Crippen molar-refractivity contribution in [2.75, 3.05) is 14.2 Å². The van der Waals surface area contributed by atoms with Crippen molar-refractivity contribution in [2.24, 2.45) is 0 Å². The third kappa shape index (κ3) is 3.14. The molecule has 0 fully saturated rings. The maximum absolute atomic E-state index is 13.4. The van der Waals surface area contributed by atoms with Gasteiger partial charge in [-0.25, -0.2) is 0 Å². The van der Waals surface area contributed by atoms with Gasteiger partial charge in [-0.05, 0) is 61.0 Å². The molecule has 4 rings (SSSR count). The lowest BCUT2D eigenvalue weighted by Crippen LogP contribution is -2.07. The van der Waals surface area contributed by atoms with Crippen LogP contribution in [0.3, 0.4) is 0 Å². The van der Waals surface area contributed by atoms with E-state index >= 15 is 0 Å². The topological polar surface area (TPSA) is 48.7 Å². The molecule has 0 aliphatic rings. The van der Waals surface area contributed by atoms with Crippen molar-refractivity contribution in [2.45, 2.75) is 6.92 Å². The molecule has 0 N–H and O–H groups in total. The molecule has 0 unspecified atom stereocenters. The predicted molar refractivity (Wildman–Crippen MR) is 111 cm³/mol. The van der Waals surface area contributed by atoms with E-state index in [2.05, 4.69) is 0 Å². The summed E-state index contributed by atoms with van der Waals surface area (Å²) in [6, 6.07) is 20.6. The maximum Gasteiger partial charge on any atom is 0.201 e. The van der Waals surface area contributed by atoms with Gasteiger partial charge in [0.25, 0.3) is 0 Å². The summed E-state index contributed by atoms with van der Waals surface area (Å²) >= 11 is 0. The normalized spacial score (nSPS) is 10.8. The van der Waals surface area contributed by atoms with Gasteiger partial charge < -0.3 is 13.9 Å². The van der Waals surface area contributed by atoms with E-state index in [4.69, 9.17) is 13.9 Å². The van der Waals surface area contributed by atoms with Crippen molar-refractivity contribution in [1.29, 1.82) is 0 Å². The smallest absolute Gasteiger partial charge is 0.201 e. The van der Waals surface area contributed by atoms with Crippen LogP contribution in [-0.2, 0) is 0 Å². The van der Waals surface area contributed by atoms with E-state index in [9.17, 15) is 4.79 Å². The average molecular weight is 372 g/mol. The Kier molecular flexibility index (Phi) is 4.62. The van der Waals surface area contributed by atoms with Crippen LogP contribution < -0.4 is 14.9 Å². The van der Waals surface area contributed by atoms with Crippen molar-refractivity contribution in [3.05, 3.63) is 82.5 Å². The average Bonchev–Trinajstić information content (AvgIpc) is 2.74. The highest BCUT2D eigenvalue weighted by atomic mass is 16.5.